The van der Waals surface area contributed by atoms with Crippen LogP contribution >= 0.6 is 0 Å². The largest absolute Gasteiger partial charge is 0.493 e. The minimum atomic E-state index is 0.0344. The molecule has 2 fully saturated rings. The van der Waals surface area contributed by atoms with Gasteiger partial charge in [-0.15, -0.1) is 0 Å². The lowest BCUT2D eigenvalue weighted by Crippen LogP contribution is -2.46. The molecule has 1 aromatic heterocycles. The van der Waals surface area contributed by atoms with Crippen molar-refractivity contribution < 1.29 is 14.3 Å². The molecule has 3 aliphatic heterocycles. The molecule has 0 aliphatic carbocycles. The Bertz CT molecular complexity index is 1600. The van der Waals surface area contributed by atoms with Gasteiger partial charge in [0.25, 0.3) is 5.91 Å². The SMILES string of the molecule is COc1cc2c(cc1OCCCN1CCN(CCCCn3c4ccccc4c4ccccc43)CC1)N=C[C@@H]1CCCN1C2=O. The van der Waals surface area contributed by atoms with Gasteiger partial charge >= 0.3 is 0 Å². The molecule has 2 saturated heterocycles. The van der Waals surface area contributed by atoms with E-state index < -0.39 is 0 Å². The molecule has 230 valence electrons. The van der Waals surface area contributed by atoms with E-state index >= 15 is 0 Å². The fourth-order valence-electron chi connectivity index (χ4n) is 7.18. The second-order valence-corrected chi connectivity index (χ2v) is 12.3. The van der Waals surface area contributed by atoms with Crippen LogP contribution in [0.25, 0.3) is 21.8 Å². The molecule has 1 amide bonds. The van der Waals surface area contributed by atoms with Crippen LogP contribution in [0.2, 0.25) is 0 Å². The maximum Gasteiger partial charge on any atom is 0.256 e. The third-order valence-electron chi connectivity index (χ3n) is 9.59. The van der Waals surface area contributed by atoms with Gasteiger partial charge < -0.3 is 28.7 Å². The molecule has 7 rings (SSSR count). The van der Waals surface area contributed by atoms with Crippen molar-refractivity contribution >= 4 is 39.6 Å². The van der Waals surface area contributed by atoms with Gasteiger partial charge in [-0.1, -0.05) is 36.4 Å². The predicted octanol–water partition coefficient (Wildman–Crippen LogP) is 5.99. The number of hydrogen-bond acceptors (Lipinski definition) is 6. The lowest BCUT2D eigenvalue weighted by molar-refractivity contribution is 0.0774. The Hall–Kier alpha value is -3.88. The van der Waals surface area contributed by atoms with Crippen LogP contribution in [0.4, 0.5) is 5.69 Å². The van der Waals surface area contributed by atoms with Crippen molar-refractivity contribution in [3.8, 4) is 11.5 Å². The Morgan fingerprint density at radius 3 is 2.16 bits per heavy atom. The molecule has 4 aromatic rings. The van der Waals surface area contributed by atoms with Gasteiger partial charge in [-0.2, -0.15) is 0 Å². The van der Waals surface area contributed by atoms with Crippen LogP contribution < -0.4 is 9.47 Å². The van der Waals surface area contributed by atoms with Crippen LogP contribution in [0.5, 0.6) is 11.5 Å². The van der Waals surface area contributed by atoms with Crippen LogP contribution in [-0.4, -0.2) is 97.0 Å². The summed E-state index contributed by atoms with van der Waals surface area (Å²) < 4.78 is 14.3. The number of unbranched alkanes of at least 4 members (excludes halogenated alkanes) is 1. The zero-order valence-electron chi connectivity index (χ0n) is 25.8. The quantitative estimate of drug-likeness (QED) is 0.200. The van der Waals surface area contributed by atoms with Gasteiger partial charge in [-0.3, -0.25) is 9.79 Å². The Balaban J connectivity index is 0.845. The first kappa shape index (κ1) is 28.9. The molecule has 0 N–H and O–H groups in total. The van der Waals surface area contributed by atoms with Crippen LogP contribution in [0.15, 0.2) is 65.7 Å². The summed E-state index contributed by atoms with van der Waals surface area (Å²) >= 11 is 0. The number of nitrogens with zero attached hydrogens (tertiary/aromatic N) is 5. The number of carbonyl (C=O) groups is 1. The van der Waals surface area contributed by atoms with Crippen molar-refractivity contribution in [3.05, 3.63) is 66.2 Å². The number of rotatable bonds is 11. The van der Waals surface area contributed by atoms with E-state index in [4.69, 9.17) is 9.47 Å². The van der Waals surface area contributed by atoms with E-state index in [1.165, 1.54) is 34.6 Å². The first-order valence-corrected chi connectivity index (χ1v) is 16.3. The van der Waals surface area contributed by atoms with Gasteiger partial charge in [-0.05, 0) is 56.8 Å². The second-order valence-electron chi connectivity index (χ2n) is 12.3. The molecule has 4 heterocycles. The lowest BCUT2D eigenvalue weighted by Gasteiger charge is -2.34. The molecule has 8 heteroatoms. The molecule has 0 radical (unpaired) electrons. The Labute approximate surface area is 259 Å². The third kappa shape index (κ3) is 5.81. The van der Waals surface area contributed by atoms with Gasteiger partial charge in [0.15, 0.2) is 11.5 Å². The average Bonchev–Trinajstić information content (AvgIpc) is 3.64. The number of aromatic nitrogens is 1. The Morgan fingerprint density at radius 1 is 0.795 bits per heavy atom. The molecule has 8 nitrogen and oxygen atoms in total. The van der Waals surface area contributed by atoms with Gasteiger partial charge in [0.05, 0.1) is 31.0 Å². The fraction of sp³-hybridized carbons (Fsp3) is 0.444. The number of para-hydroxylation sites is 2. The van der Waals surface area contributed by atoms with Crippen molar-refractivity contribution in [1.82, 2.24) is 19.3 Å². The number of hydrogen-bond donors (Lipinski definition) is 0. The predicted molar refractivity (Wildman–Crippen MR) is 177 cm³/mol. The van der Waals surface area contributed by atoms with E-state index in [0.717, 1.165) is 71.6 Å². The van der Waals surface area contributed by atoms with E-state index in [2.05, 4.69) is 67.9 Å². The topological polar surface area (TPSA) is 62.5 Å². The van der Waals surface area contributed by atoms with Gasteiger partial charge in [-0.25, -0.2) is 0 Å². The molecular weight excluding hydrogens is 550 g/mol. The summed E-state index contributed by atoms with van der Waals surface area (Å²) in [5.74, 6) is 1.29. The van der Waals surface area contributed by atoms with E-state index in [1.807, 2.05) is 17.2 Å². The summed E-state index contributed by atoms with van der Waals surface area (Å²) in [4.78, 5) is 24.8. The molecule has 0 spiro atoms. The molecule has 3 aromatic carbocycles. The van der Waals surface area contributed by atoms with Crippen molar-refractivity contribution in [1.29, 1.82) is 0 Å². The Morgan fingerprint density at radius 2 is 1.45 bits per heavy atom. The number of benzene rings is 3. The first-order chi connectivity index (χ1) is 21.7. The lowest BCUT2D eigenvalue weighted by atomic mass is 10.1. The number of aliphatic imine (C=N–C) groups is 1. The zero-order valence-corrected chi connectivity index (χ0v) is 25.8. The summed E-state index contributed by atoms with van der Waals surface area (Å²) in [6.45, 7) is 9.07. The van der Waals surface area contributed by atoms with Crippen LogP contribution in [0, 0.1) is 0 Å². The summed E-state index contributed by atoms with van der Waals surface area (Å²) in [6.07, 6.45) is 7.25. The van der Waals surface area contributed by atoms with Crippen molar-refractivity contribution in [2.45, 2.75) is 44.7 Å². The maximum atomic E-state index is 13.1. The monoisotopic (exact) mass is 593 g/mol. The van der Waals surface area contributed by atoms with E-state index in [1.54, 1.807) is 13.2 Å². The van der Waals surface area contributed by atoms with Crippen molar-refractivity contribution in [2.75, 3.05) is 59.5 Å². The summed E-state index contributed by atoms with van der Waals surface area (Å²) in [5.41, 5.74) is 3.96. The number of fused-ring (bicyclic) bond motifs is 5. The Kier molecular flexibility index (Phi) is 8.53. The maximum absolute atomic E-state index is 13.1. The van der Waals surface area contributed by atoms with Crippen LogP contribution in [0.1, 0.15) is 42.5 Å². The highest BCUT2D eigenvalue weighted by Gasteiger charge is 2.32. The van der Waals surface area contributed by atoms with Gasteiger partial charge in [0.2, 0.25) is 0 Å². The molecule has 0 bridgehead atoms. The highest BCUT2D eigenvalue weighted by Crippen LogP contribution is 2.38. The number of piperazine rings is 1. The van der Waals surface area contributed by atoms with Crippen molar-refractivity contribution in [2.24, 2.45) is 4.99 Å². The minimum Gasteiger partial charge on any atom is -0.493 e. The number of amides is 1. The van der Waals surface area contributed by atoms with E-state index in [0.29, 0.717) is 29.4 Å². The fourth-order valence-corrected chi connectivity index (χ4v) is 7.18. The van der Waals surface area contributed by atoms with E-state index in [9.17, 15) is 4.79 Å². The number of carbonyl (C=O) groups excluding carboxylic acids is 1. The normalized spacial score (nSPS) is 19.0. The molecule has 1 atom stereocenters. The molecule has 0 unspecified atom stereocenters. The van der Waals surface area contributed by atoms with E-state index in [-0.39, 0.29) is 11.9 Å². The second kappa shape index (κ2) is 13.0. The van der Waals surface area contributed by atoms with Crippen molar-refractivity contribution in [3.63, 3.8) is 0 Å². The molecule has 0 saturated carbocycles. The molecular formula is C36H43N5O3. The number of ether oxygens (including phenoxy) is 2. The summed E-state index contributed by atoms with van der Waals surface area (Å²) in [5, 5.41) is 2.71. The highest BCUT2D eigenvalue weighted by molar-refractivity contribution is 6.08. The summed E-state index contributed by atoms with van der Waals surface area (Å²) in [7, 11) is 1.63. The van der Waals surface area contributed by atoms with Crippen LogP contribution in [0.3, 0.4) is 0 Å². The number of aryl methyl sites for hydroxylation is 1. The smallest absolute Gasteiger partial charge is 0.256 e. The molecule has 3 aliphatic rings. The molecule has 44 heavy (non-hydrogen) atoms. The standard InChI is InChI=1S/C36H43N5O3/c1-43-34-24-30-31(37-26-27-10-8-18-40(27)36(30)42)25-35(34)44-23-9-16-39-21-19-38(20-22-39)15-6-7-17-41-32-13-4-2-11-28(32)29-12-3-5-14-33(29)41/h2-5,11-14,24-27H,6-10,15-23H2,1H3/t27-/m0/s1. The van der Waals surface area contributed by atoms with Gasteiger partial charge in [0, 0.05) is 79.9 Å². The summed E-state index contributed by atoms with van der Waals surface area (Å²) in [6, 6.07) is 21.3. The minimum absolute atomic E-state index is 0.0344. The first-order valence-electron chi connectivity index (χ1n) is 16.3. The average molecular weight is 594 g/mol. The highest BCUT2D eigenvalue weighted by atomic mass is 16.5. The zero-order chi connectivity index (χ0) is 29.9. The number of methoxy groups -OCH3 is 1. The third-order valence-corrected chi connectivity index (χ3v) is 9.59. The van der Waals surface area contributed by atoms with Gasteiger partial charge in [0.1, 0.15) is 0 Å². The van der Waals surface area contributed by atoms with Crippen LogP contribution in [-0.2, 0) is 6.54 Å².